The van der Waals surface area contributed by atoms with Gasteiger partial charge in [-0.15, -0.1) is 0 Å². The van der Waals surface area contributed by atoms with E-state index in [0.29, 0.717) is 18.7 Å². The lowest BCUT2D eigenvalue weighted by molar-refractivity contribution is -0.147. The third-order valence-corrected chi connectivity index (χ3v) is 3.95. The topological polar surface area (TPSA) is 66.8 Å². The second-order valence-corrected chi connectivity index (χ2v) is 5.25. The maximum Gasteiger partial charge on any atom is 0.328 e. The number of rotatable bonds is 2. The zero-order chi connectivity index (χ0) is 14.0. The molecule has 1 amide bonds. The largest absolute Gasteiger partial charge is 0.480 e. The van der Waals surface area contributed by atoms with E-state index in [1.54, 1.807) is 12.1 Å². The van der Waals surface area contributed by atoms with E-state index >= 15 is 0 Å². The molecule has 1 fully saturated rings. The Kier molecular flexibility index (Phi) is 4.21. The molecule has 1 aromatic rings. The number of ether oxygens (including phenoxy) is 1. The van der Waals surface area contributed by atoms with Gasteiger partial charge in [-0.3, -0.25) is 4.79 Å². The van der Waals surface area contributed by atoms with Crippen molar-refractivity contribution in [3.8, 4) is 0 Å². The first-order chi connectivity index (χ1) is 9.00. The van der Waals surface area contributed by atoms with Crippen LogP contribution in [0.4, 0.5) is 0 Å². The molecule has 19 heavy (non-hydrogen) atoms. The SMILES string of the molecule is Cc1ccc(C(=O)N2CCOCC2C(=O)O)cc1Br. The molecule has 1 saturated heterocycles. The Hall–Kier alpha value is -1.40. The smallest absolute Gasteiger partial charge is 0.328 e. The summed E-state index contributed by atoms with van der Waals surface area (Å²) < 4.78 is 5.95. The monoisotopic (exact) mass is 327 g/mol. The van der Waals surface area contributed by atoms with E-state index in [1.165, 1.54) is 4.90 Å². The number of nitrogens with zero attached hydrogens (tertiary/aromatic N) is 1. The standard InChI is InChI=1S/C13H14BrNO4/c1-8-2-3-9(6-10(8)14)12(16)15-4-5-19-7-11(15)13(17)18/h2-3,6,11H,4-5,7H2,1H3,(H,17,18). The molecule has 0 spiro atoms. The van der Waals surface area contributed by atoms with Gasteiger partial charge < -0.3 is 14.7 Å². The van der Waals surface area contributed by atoms with Gasteiger partial charge in [0.15, 0.2) is 6.04 Å². The van der Waals surface area contributed by atoms with E-state index in [1.807, 2.05) is 13.0 Å². The molecule has 1 heterocycles. The number of aliphatic carboxylic acids is 1. The normalized spacial score (nSPS) is 19.3. The molecule has 0 radical (unpaired) electrons. The summed E-state index contributed by atoms with van der Waals surface area (Å²) in [4.78, 5) is 24.9. The maximum absolute atomic E-state index is 12.4. The Morgan fingerprint density at radius 1 is 1.47 bits per heavy atom. The van der Waals surface area contributed by atoms with Gasteiger partial charge in [0, 0.05) is 16.6 Å². The molecular weight excluding hydrogens is 314 g/mol. The quantitative estimate of drug-likeness (QED) is 0.897. The lowest BCUT2D eigenvalue weighted by Crippen LogP contribution is -2.52. The molecule has 1 aromatic carbocycles. The highest BCUT2D eigenvalue weighted by molar-refractivity contribution is 9.10. The van der Waals surface area contributed by atoms with E-state index < -0.39 is 12.0 Å². The van der Waals surface area contributed by atoms with Crippen LogP contribution in [0.2, 0.25) is 0 Å². The predicted molar refractivity (Wildman–Crippen MR) is 72.2 cm³/mol. The molecule has 1 unspecified atom stereocenters. The van der Waals surface area contributed by atoms with Crippen LogP contribution < -0.4 is 0 Å². The summed E-state index contributed by atoms with van der Waals surface area (Å²) in [6.07, 6.45) is 0. The lowest BCUT2D eigenvalue weighted by Gasteiger charge is -2.32. The summed E-state index contributed by atoms with van der Waals surface area (Å²) >= 11 is 3.37. The Labute approximate surface area is 119 Å². The van der Waals surface area contributed by atoms with Crippen LogP contribution in [-0.2, 0) is 9.53 Å². The lowest BCUT2D eigenvalue weighted by atomic mass is 10.1. The Morgan fingerprint density at radius 2 is 2.21 bits per heavy atom. The fourth-order valence-corrected chi connectivity index (χ4v) is 2.32. The molecule has 2 rings (SSSR count). The minimum absolute atomic E-state index is 0.0358. The van der Waals surface area contributed by atoms with Crippen molar-refractivity contribution in [3.05, 3.63) is 33.8 Å². The van der Waals surface area contributed by atoms with Gasteiger partial charge in [-0.25, -0.2) is 4.79 Å². The highest BCUT2D eigenvalue weighted by atomic mass is 79.9. The van der Waals surface area contributed by atoms with Gasteiger partial charge in [-0.05, 0) is 24.6 Å². The zero-order valence-electron chi connectivity index (χ0n) is 10.4. The Morgan fingerprint density at radius 3 is 2.84 bits per heavy atom. The number of amides is 1. The van der Waals surface area contributed by atoms with Crippen molar-refractivity contribution < 1.29 is 19.4 Å². The number of benzene rings is 1. The van der Waals surface area contributed by atoms with Gasteiger partial charge in [-0.1, -0.05) is 22.0 Å². The third kappa shape index (κ3) is 2.96. The molecule has 0 bridgehead atoms. The summed E-state index contributed by atoms with van der Waals surface area (Å²) in [7, 11) is 0. The zero-order valence-corrected chi connectivity index (χ0v) is 12.0. The van der Waals surface area contributed by atoms with Crippen molar-refractivity contribution in [2.24, 2.45) is 0 Å². The Bertz CT molecular complexity index is 517. The average molecular weight is 328 g/mol. The van der Waals surface area contributed by atoms with Crippen LogP contribution in [0, 0.1) is 6.92 Å². The molecule has 0 aromatic heterocycles. The fourth-order valence-electron chi connectivity index (χ4n) is 1.94. The highest BCUT2D eigenvalue weighted by Crippen LogP contribution is 2.20. The predicted octanol–water partition coefficient (Wildman–Crippen LogP) is 1.68. The van der Waals surface area contributed by atoms with Crippen molar-refractivity contribution in [1.82, 2.24) is 4.90 Å². The first-order valence-corrected chi connectivity index (χ1v) is 6.67. The number of carboxylic acids is 1. The van der Waals surface area contributed by atoms with Gasteiger partial charge in [0.05, 0.1) is 13.2 Å². The number of carbonyl (C=O) groups excluding carboxylic acids is 1. The summed E-state index contributed by atoms with van der Waals surface area (Å²) in [5.74, 6) is -1.32. The van der Waals surface area contributed by atoms with Gasteiger partial charge in [0.1, 0.15) is 0 Å². The van der Waals surface area contributed by atoms with Crippen molar-refractivity contribution in [2.45, 2.75) is 13.0 Å². The number of hydrogen-bond acceptors (Lipinski definition) is 3. The number of morpholine rings is 1. The minimum Gasteiger partial charge on any atom is -0.480 e. The van der Waals surface area contributed by atoms with Gasteiger partial charge in [0.2, 0.25) is 0 Å². The van der Waals surface area contributed by atoms with Crippen LogP contribution in [0.25, 0.3) is 0 Å². The first kappa shape index (κ1) is 14.0. The van der Waals surface area contributed by atoms with E-state index in [-0.39, 0.29) is 12.5 Å². The molecule has 1 aliphatic rings. The summed E-state index contributed by atoms with van der Waals surface area (Å²) in [5.41, 5.74) is 1.50. The minimum atomic E-state index is -1.04. The molecule has 0 saturated carbocycles. The van der Waals surface area contributed by atoms with Gasteiger partial charge in [0.25, 0.3) is 5.91 Å². The third-order valence-electron chi connectivity index (χ3n) is 3.09. The van der Waals surface area contributed by atoms with Crippen molar-refractivity contribution >= 4 is 27.8 Å². The van der Waals surface area contributed by atoms with Crippen LogP contribution >= 0.6 is 15.9 Å². The summed E-state index contributed by atoms with van der Waals surface area (Å²) in [5, 5.41) is 9.12. The van der Waals surface area contributed by atoms with Crippen molar-refractivity contribution in [3.63, 3.8) is 0 Å². The van der Waals surface area contributed by atoms with E-state index in [0.717, 1.165) is 10.0 Å². The van der Waals surface area contributed by atoms with Crippen LogP contribution in [0.15, 0.2) is 22.7 Å². The van der Waals surface area contributed by atoms with Crippen LogP contribution in [-0.4, -0.2) is 47.7 Å². The average Bonchev–Trinajstić information content (AvgIpc) is 2.41. The first-order valence-electron chi connectivity index (χ1n) is 5.88. The second kappa shape index (κ2) is 5.71. The molecular formula is C13H14BrNO4. The highest BCUT2D eigenvalue weighted by Gasteiger charge is 2.33. The van der Waals surface area contributed by atoms with Gasteiger partial charge in [-0.2, -0.15) is 0 Å². The molecule has 1 N–H and O–H groups in total. The van der Waals surface area contributed by atoms with Crippen molar-refractivity contribution in [1.29, 1.82) is 0 Å². The van der Waals surface area contributed by atoms with E-state index in [2.05, 4.69) is 15.9 Å². The van der Waals surface area contributed by atoms with E-state index in [4.69, 9.17) is 9.84 Å². The van der Waals surface area contributed by atoms with Crippen LogP contribution in [0.1, 0.15) is 15.9 Å². The number of carboxylic acid groups (broad SMARTS) is 1. The number of carbonyl (C=O) groups is 2. The van der Waals surface area contributed by atoms with E-state index in [9.17, 15) is 9.59 Å². The second-order valence-electron chi connectivity index (χ2n) is 4.39. The number of halogens is 1. The molecule has 102 valence electrons. The summed E-state index contributed by atoms with van der Waals surface area (Å²) in [6.45, 7) is 2.62. The van der Waals surface area contributed by atoms with Crippen molar-refractivity contribution in [2.75, 3.05) is 19.8 Å². The molecule has 5 nitrogen and oxygen atoms in total. The molecule has 1 aliphatic heterocycles. The molecule has 0 aliphatic carbocycles. The maximum atomic E-state index is 12.4. The van der Waals surface area contributed by atoms with Crippen LogP contribution in [0.5, 0.6) is 0 Å². The fraction of sp³-hybridized carbons (Fsp3) is 0.385. The summed E-state index contributed by atoms with van der Waals surface area (Å²) in [6, 6.07) is 4.33. The number of aryl methyl sites for hydroxylation is 1. The van der Waals surface area contributed by atoms with Crippen LogP contribution in [0.3, 0.4) is 0 Å². The molecule has 1 atom stereocenters. The van der Waals surface area contributed by atoms with Gasteiger partial charge >= 0.3 is 5.97 Å². The molecule has 6 heteroatoms. The Balaban J connectivity index is 2.26. The number of hydrogen-bond donors (Lipinski definition) is 1.